The van der Waals surface area contributed by atoms with E-state index in [0.717, 1.165) is 13.0 Å². The van der Waals surface area contributed by atoms with Crippen molar-refractivity contribution in [3.63, 3.8) is 0 Å². The summed E-state index contributed by atoms with van der Waals surface area (Å²) in [5.74, 6) is -0.494. The maximum atomic E-state index is 11.4. The standard InChI is InChI=1S/C12H23NO3/c1-4-6-7-8-13(3)10-11(14)9-12(15)16-5-2/h4-10H2,1-3H3. The summed E-state index contributed by atoms with van der Waals surface area (Å²) in [6.45, 7) is 5.45. The summed E-state index contributed by atoms with van der Waals surface area (Å²) >= 11 is 0. The number of likely N-dealkylation sites (N-methyl/N-ethyl adjacent to an activating group) is 1. The van der Waals surface area contributed by atoms with Crippen LogP contribution in [0, 0.1) is 0 Å². The lowest BCUT2D eigenvalue weighted by Gasteiger charge is -2.14. The summed E-state index contributed by atoms with van der Waals surface area (Å²) in [4.78, 5) is 24.4. The zero-order valence-corrected chi connectivity index (χ0v) is 10.6. The van der Waals surface area contributed by atoms with E-state index in [9.17, 15) is 9.59 Å². The van der Waals surface area contributed by atoms with Crippen molar-refractivity contribution < 1.29 is 14.3 Å². The minimum atomic E-state index is -0.422. The van der Waals surface area contributed by atoms with Crippen LogP contribution in [0.4, 0.5) is 0 Å². The molecule has 0 unspecified atom stereocenters. The molecule has 0 atom stereocenters. The smallest absolute Gasteiger partial charge is 0.313 e. The molecule has 0 radical (unpaired) electrons. The first-order valence-electron chi connectivity index (χ1n) is 5.96. The molecular formula is C12H23NO3. The number of rotatable bonds is 9. The molecule has 0 amide bonds. The summed E-state index contributed by atoms with van der Waals surface area (Å²) in [6.07, 6.45) is 3.34. The Morgan fingerprint density at radius 1 is 1.19 bits per heavy atom. The Bertz CT molecular complexity index is 216. The van der Waals surface area contributed by atoms with Gasteiger partial charge in [0.05, 0.1) is 13.2 Å². The van der Waals surface area contributed by atoms with Gasteiger partial charge in [-0.05, 0) is 26.9 Å². The third-order valence-corrected chi connectivity index (χ3v) is 2.24. The van der Waals surface area contributed by atoms with Crippen molar-refractivity contribution >= 4 is 11.8 Å². The molecule has 4 nitrogen and oxygen atoms in total. The fourth-order valence-electron chi connectivity index (χ4n) is 1.44. The second kappa shape index (κ2) is 9.33. The van der Waals surface area contributed by atoms with Crippen LogP contribution in [0.1, 0.15) is 39.5 Å². The molecule has 0 saturated heterocycles. The highest BCUT2D eigenvalue weighted by molar-refractivity contribution is 5.96. The van der Waals surface area contributed by atoms with Crippen molar-refractivity contribution in [3.05, 3.63) is 0 Å². The van der Waals surface area contributed by atoms with Crippen molar-refractivity contribution in [2.75, 3.05) is 26.7 Å². The molecular weight excluding hydrogens is 206 g/mol. The Hall–Kier alpha value is -0.900. The molecule has 0 spiro atoms. The first kappa shape index (κ1) is 15.1. The quantitative estimate of drug-likeness (QED) is 0.342. The van der Waals surface area contributed by atoms with Crippen molar-refractivity contribution in [1.82, 2.24) is 4.90 Å². The summed E-state index contributed by atoms with van der Waals surface area (Å²) in [6, 6.07) is 0. The van der Waals surface area contributed by atoms with Gasteiger partial charge in [0.1, 0.15) is 6.42 Å². The SMILES string of the molecule is CCCCCN(C)CC(=O)CC(=O)OCC. The van der Waals surface area contributed by atoms with Crippen LogP contribution in [0.25, 0.3) is 0 Å². The number of ether oxygens (including phenoxy) is 1. The maximum Gasteiger partial charge on any atom is 0.313 e. The van der Waals surface area contributed by atoms with Gasteiger partial charge in [-0.2, -0.15) is 0 Å². The number of esters is 1. The highest BCUT2D eigenvalue weighted by atomic mass is 16.5. The van der Waals surface area contributed by atoms with Crippen molar-refractivity contribution in [1.29, 1.82) is 0 Å². The molecule has 0 N–H and O–H groups in total. The molecule has 0 saturated carbocycles. The molecule has 16 heavy (non-hydrogen) atoms. The van der Waals surface area contributed by atoms with Gasteiger partial charge in [-0.25, -0.2) is 0 Å². The van der Waals surface area contributed by atoms with E-state index in [4.69, 9.17) is 4.74 Å². The Kier molecular flexibility index (Phi) is 8.81. The topological polar surface area (TPSA) is 46.6 Å². The number of carbonyl (C=O) groups is 2. The summed E-state index contributed by atoms with van der Waals surface area (Å²) in [5.41, 5.74) is 0. The molecule has 0 rings (SSSR count). The first-order valence-corrected chi connectivity index (χ1v) is 5.96. The Morgan fingerprint density at radius 3 is 2.44 bits per heavy atom. The highest BCUT2D eigenvalue weighted by Crippen LogP contribution is 1.97. The van der Waals surface area contributed by atoms with E-state index in [1.807, 2.05) is 11.9 Å². The van der Waals surface area contributed by atoms with Gasteiger partial charge >= 0.3 is 5.97 Å². The maximum absolute atomic E-state index is 11.4. The van der Waals surface area contributed by atoms with Crippen molar-refractivity contribution in [2.45, 2.75) is 39.5 Å². The van der Waals surface area contributed by atoms with Gasteiger partial charge in [0.2, 0.25) is 0 Å². The number of hydrogen-bond donors (Lipinski definition) is 0. The van der Waals surface area contributed by atoms with Gasteiger partial charge in [0.15, 0.2) is 5.78 Å². The second-order valence-corrected chi connectivity index (χ2v) is 3.97. The van der Waals surface area contributed by atoms with Gasteiger partial charge in [-0.15, -0.1) is 0 Å². The largest absolute Gasteiger partial charge is 0.466 e. The second-order valence-electron chi connectivity index (χ2n) is 3.97. The number of hydrogen-bond acceptors (Lipinski definition) is 4. The average molecular weight is 229 g/mol. The Labute approximate surface area is 98.0 Å². The monoisotopic (exact) mass is 229 g/mol. The molecule has 0 heterocycles. The molecule has 0 bridgehead atoms. The van der Waals surface area contributed by atoms with Crippen molar-refractivity contribution in [3.8, 4) is 0 Å². The van der Waals surface area contributed by atoms with Crippen LogP contribution in [0.15, 0.2) is 0 Å². The number of Topliss-reactive ketones (excluding diaryl/α,β-unsaturated/α-hetero) is 1. The van der Waals surface area contributed by atoms with Crippen LogP contribution < -0.4 is 0 Å². The normalized spacial score (nSPS) is 10.5. The number of unbranched alkanes of at least 4 members (excludes halogenated alkanes) is 2. The number of nitrogens with zero attached hydrogens (tertiary/aromatic N) is 1. The summed E-state index contributed by atoms with van der Waals surface area (Å²) in [5, 5.41) is 0. The Morgan fingerprint density at radius 2 is 1.88 bits per heavy atom. The van der Waals surface area contributed by atoms with E-state index in [2.05, 4.69) is 6.92 Å². The first-order chi connectivity index (χ1) is 7.60. The number of carbonyl (C=O) groups excluding carboxylic acids is 2. The zero-order valence-electron chi connectivity index (χ0n) is 10.6. The van der Waals surface area contributed by atoms with Crippen LogP contribution in [-0.4, -0.2) is 43.4 Å². The fraction of sp³-hybridized carbons (Fsp3) is 0.833. The minimum Gasteiger partial charge on any atom is -0.466 e. The lowest BCUT2D eigenvalue weighted by molar-refractivity contribution is -0.145. The third-order valence-electron chi connectivity index (χ3n) is 2.24. The van der Waals surface area contributed by atoms with Gasteiger partial charge in [0.25, 0.3) is 0 Å². The van der Waals surface area contributed by atoms with E-state index in [1.54, 1.807) is 6.92 Å². The predicted octanol–water partition coefficient (Wildman–Crippen LogP) is 1.63. The van der Waals surface area contributed by atoms with Crippen molar-refractivity contribution in [2.24, 2.45) is 0 Å². The highest BCUT2D eigenvalue weighted by Gasteiger charge is 2.12. The van der Waals surface area contributed by atoms with Crippen LogP contribution in [0.2, 0.25) is 0 Å². The molecule has 0 aromatic heterocycles. The lowest BCUT2D eigenvalue weighted by Crippen LogP contribution is -2.28. The molecule has 0 aliphatic rings. The molecule has 0 aliphatic carbocycles. The van der Waals surface area contributed by atoms with Crippen LogP contribution in [0.5, 0.6) is 0 Å². The van der Waals surface area contributed by atoms with E-state index in [1.165, 1.54) is 12.8 Å². The third kappa shape index (κ3) is 8.41. The van der Waals surface area contributed by atoms with E-state index in [-0.39, 0.29) is 12.2 Å². The lowest BCUT2D eigenvalue weighted by atomic mass is 10.2. The number of ketones is 1. The fourth-order valence-corrected chi connectivity index (χ4v) is 1.44. The average Bonchev–Trinajstić information content (AvgIpc) is 2.17. The molecule has 0 aromatic carbocycles. The van der Waals surface area contributed by atoms with E-state index in [0.29, 0.717) is 13.2 Å². The molecule has 0 fully saturated rings. The molecule has 4 heteroatoms. The van der Waals surface area contributed by atoms with Crippen LogP contribution in [-0.2, 0) is 14.3 Å². The minimum absolute atomic E-state index is 0.0718. The van der Waals surface area contributed by atoms with Gasteiger partial charge < -0.3 is 4.74 Å². The van der Waals surface area contributed by atoms with Gasteiger partial charge in [0, 0.05) is 0 Å². The molecule has 0 aliphatic heterocycles. The Balaban J connectivity index is 3.65. The molecule has 0 aromatic rings. The summed E-state index contributed by atoms with van der Waals surface area (Å²) in [7, 11) is 1.90. The van der Waals surface area contributed by atoms with Crippen LogP contribution >= 0.6 is 0 Å². The van der Waals surface area contributed by atoms with Gasteiger partial charge in [-0.3, -0.25) is 14.5 Å². The zero-order chi connectivity index (χ0) is 12.4. The summed E-state index contributed by atoms with van der Waals surface area (Å²) < 4.78 is 4.71. The molecule has 94 valence electrons. The predicted molar refractivity (Wildman–Crippen MR) is 63.3 cm³/mol. The van der Waals surface area contributed by atoms with E-state index < -0.39 is 5.97 Å². The van der Waals surface area contributed by atoms with Gasteiger partial charge in [-0.1, -0.05) is 19.8 Å². The van der Waals surface area contributed by atoms with E-state index >= 15 is 0 Å². The van der Waals surface area contributed by atoms with Crippen LogP contribution in [0.3, 0.4) is 0 Å².